The van der Waals surface area contributed by atoms with Gasteiger partial charge in [0.2, 0.25) is 0 Å². The highest BCUT2D eigenvalue weighted by molar-refractivity contribution is 5.45. The zero-order valence-electron chi connectivity index (χ0n) is 13.1. The lowest BCUT2D eigenvalue weighted by Gasteiger charge is -2.21. The van der Waals surface area contributed by atoms with Gasteiger partial charge >= 0.3 is 0 Å². The van der Waals surface area contributed by atoms with Gasteiger partial charge in [0.25, 0.3) is 0 Å². The minimum absolute atomic E-state index is 0.222. The number of halogens is 3. The number of hydrogen-bond donors (Lipinski definition) is 1. The van der Waals surface area contributed by atoms with Crippen LogP contribution in [-0.2, 0) is 13.6 Å². The predicted molar refractivity (Wildman–Crippen MR) is 82.7 cm³/mol. The number of benzene rings is 1. The molecule has 0 saturated heterocycles. The fourth-order valence-corrected chi connectivity index (χ4v) is 3.27. The van der Waals surface area contributed by atoms with Crippen molar-refractivity contribution in [2.75, 3.05) is 5.32 Å². The van der Waals surface area contributed by atoms with Crippen LogP contribution in [0.15, 0.2) is 18.3 Å². The maximum atomic E-state index is 13.3. The van der Waals surface area contributed by atoms with Gasteiger partial charge in [-0.1, -0.05) is 19.3 Å². The molecule has 1 N–H and O–H groups in total. The summed E-state index contributed by atoms with van der Waals surface area (Å²) in [6, 6.07) is 1.93. The van der Waals surface area contributed by atoms with Crippen molar-refractivity contribution < 1.29 is 13.2 Å². The molecule has 124 valence electrons. The molecule has 1 aromatic heterocycles. The van der Waals surface area contributed by atoms with Gasteiger partial charge in [-0.2, -0.15) is 5.10 Å². The van der Waals surface area contributed by atoms with Crippen LogP contribution in [0, 0.1) is 17.5 Å². The lowest BCUT2D eigenvalue weighted by atomic mass is 9.85. The van der Waals surface area contributed by atoms with Gasteiger partial charge in [-0.15, -0.1) is 0 Å². The molecule has 1 aliphatic rings. The molecule has 1 aliphatic carbocycles. The predicted octanol–water partition coefficient (Wildman–Crippen LogP) is 4.50. The van der Waals surface area contributed by atoms with Crippen molar-refractivity contribution in [3.8, 4) is 0 Å². The Labute approximate surface area is 133 Å². The van der Waals surface area contributed by atoms with E-state index in [1.807, 2.05) is 13.2 Å². The summed E-state index contributed by atoms with van der Waals surface area (Å²) < 4.78 is 41.3. The molecule has 0 aliphatic heterocycles. The minimum atomic E-state index is -1.44. The van der Waals surface area contributed by atoms with Gasteiger partial charge in [0, 0.05) is 49.1 Å². The Bertz CT molecular complexity index is 667. The molecule has 23 heavy (non-hydrogen) atoms. The first-order chi connectivity index (χ1) is 11.0. The average molecular weight is 323 g/mol. The highest BCUT2D eigenvalue weighted by Crippen LogP contribution is 2.33. The number of rotatable bonds is 4. The third kappa shape index (κ3) is 3.51. The van der Waals surface area contributed by atoms with Crippen molar-refractivity contribution in [1.29, 1.82) is 0 Å². The van der Waals surface area contributed by atoms with Gasteiger partial charge in [0.15, 0.2) is 17.5 Å². The molecule has 1 aromatic carbocycles. The van der Waals surface area contributed by atoms with E-state index in [0.29, 0.717) is 12.5 Å². The summed E-state index contributed by atoms with van der Waals surface area (Å²) in [6.07, 6.45) is 7.87. The van der Waals surface area contributed by atoms with Crippen molar-refractivity contribution >= 4 is 5.69 Å². The molecule has 1 saturated carbocycles. The second-order valence-electron chi connectivity index (χ2n) is 6.16. The summed E-state index contributed by atoms with van der Waals surface area (Å²) in [5.41, 5.74) is 2.30. The average Bonchev–Trinajstić information content (AvgIpc) is 2.92. The molecule has 0 spiro atoms. The Morgan fingerprint density at radius 3 is 2.43 bits per heavy atom. The molecule has 0 unspecified atom stereocenters. The monoisotopic (exact) mass is 323 g/mol. The van der Waals surface area contributed by atoms with E-state index in [1.165, 1.54) is 19.3 Å². The van der Waals surface area contributed by atoms with E-state index in [0.717, 1.165) is 36.2 Å². The van der Waals surface area contributed by atoms with Crippen molar-refractivity contribution in [1.82, 2.24) is 9.78 Å². The fourth-order valence-electron chi connectivity index (χ4n) is 3.27. The number of aromatic nitrogens is 2. The summed E-state index contributed by atoms with van der Waals surface area (Å²) in [6.45, 7) is 0.407. The Kier molecular flexibility index (Phi) is 4.59. The van der Waals surface area contributed by atoms with Gasteiger partial charge in [0.1, 0.15) is 0 Å². The molecule has 1 fully saturated rings. The van der Waals surface area contributed by atoms with E-state index in [-0.39, 0.29) is 5.69 Å². The van der Waals surface area contributed by atoms with Crippen LogP contribution in [-0.4, -0.2) is 9.78 Å². The highest BCUT2D eigenvalue weighted by Gasteiger charge is 2.21. The van der Waals surface area contributed by atoms with Gasteiger partial charge in [-0.05, 0) is 12.8 Å². The standard InChI is InChI=1S/C17H20F3N3/c1-23-10-12(17(22-23)11-5-3-2-4-6-11)9-21-13-7-14(18)16(20)15(19)8-13/h7-8,10-11,21H,2-6,9H2,1H3. The molecular formula is C17H20F3N3. The second-order valence-corrected chi connectivity index (χ2v) is 6.16. The van der Waals surface area contributed by atoms with Crippen LogP contribution in [0.1, 0.15) is 49.3 Å². The third-order valence-electron chi connectivity index (χ3n) is 4.40. The van der Waals surface area contributed by atoms with E-state index in [1.54, 1.807) is 4.68 Å². The molecule has 0 atom stereocenters. The Morgan fingerprint density at radius 1 is 1.13 bits per heavy atom. The van der Waals surface area contributed by atoms with E-state index in [9.17, 15) is 13.2 Å². The Hall–Kier alpha value is -1.98. The summed E-state index contributed by atoms with van der Waals surface area (Å²) >= 11 is 0. The van der Waals surface area contributed by atoms with E-state index >= 15 is 0 Å². The Balaban J connectivity index is 1.75. The molecular weight excluding hydrogens is 303 g/mol. The van der Waals surface area contributed by atoms with Crippen molar-refractivity contribution in [2.24, 2.45) is 7.05 Å². The summed E-state index contributed by atoms with van der Waals surface area (Å²) in [7, 11) is 1.87. The molecule has 0 amide bonds. The van der Waals surface area contributed by atoms with Crippen LogP contribution in [0.25, 0.3) is 0 Å². The zero-order valence-corrected chi connectivity index (χ0v) is 13.1. The van der Waals surface area contributed by atoms with E-state index in [4.69, 9.17) is 0 Å². The van der Waals surface area contributed by atoms with E-state index in [2.05, 4.69) is 10.4 Å². The molecule has 6 heteroatoms. The number of nitrogens with one attached hydrogen (secondary N) is 1. The summed E-state index contributed by atoms with van der Waals surface area (Å²) in [4.78, 5) is 0. The smallest absolute Gasteiger partial charge is 0.194 e. The van der Waals surface area contributed by atoms with Crippen LogP contribution in [0.5, 0.6) is 0 Å². The molecule has 0 radical (unpaired) electrons. The zero-order chi connectivity index (χ0) is 16.4. The molecule has 0 bridgehead atoms. The first-order valence-corrected chi connectivity index (χ1v) is 7.95. The molecule has 3 nitrogen and oxygen atoms in total. The van der Waals surface area contributed by atoms with Crippen molar-refractivity contribution in [2.45, 2.75) is 44.6 Å². The first kappa shape index (κ1) is 15.9. The first-order valence-electron chi connectivity index (χ1n) is 7.95. The molecule has 2 aromatic rings. The number of aryl methyl sites for hydroxylation is 1. The van der Waals surface area contributed by atoms with Crippen LogP contribution < -0.4 is 5.32 Å². The quantitative estimate of drug-likeness (QED) is 0.840. The second kappa shape index (κ2) is 6.64. The van der Waals surface area contributed by atoms with E-state index < -0.39 is 17.5 Å². The number of hydrogen-bond acceptors (Lipinski definition) is 2. The lowest BCUT2D eigenvalue weighted by molar-refractivity contribution is 0.432. The largest absolute Gasteiger partial charge is 0.381 e. The van der Waals surface area contributed by atoms with Gasteiger partial charge in [0.05, 0.1) is 5.69 Å². The topological polar surface area (TPSA) is 29.9 Å². The van der Waals surface area contributed by atoms with Crippen LogP contribution in [0.3, 0.4) is 0 Å². The minimum Gasteiger partial charge on any atom is -0.381 e. The molecule has 3 rings (SSSR count). The number of anilines is 1. The van der Waals surface area contributed by atoms with Gasteiger partial charge in [-0.25, -0.2) is 13.2 Å². The Morgan fingerprint density at radius 2 is 1.78 bits per heavy atom. The summed E-state index contributed by atoms with van der Waals surface area (Å²) in [5, 5.41) is 7.53. The molecule has 1 heterocycles. The normalized spacial score (nSPS) is 15.8. The maximum Gasteiger partial charge on any atom is 0.194 e. The maximum absolute atomic E-state index is 13.3. The lowest BCUT2D eigenvalue weighted by Crippen LogP contribution is -2.10. The van der Waals surface area contributed by atoms with Gasteiger partial charge in [-0.3, -0.25) is 4.68 Å². The third-order valence-corrected chi connectivity index (χ3v) is 4.40. The summed E-state index contributed by atoms with van der Waals surface area (Å²) in [5.74, 6) is -3.37. The van der Waals surface area contributed by atoms with Crippen molar-refractivity contribution in [3.63, 3.8) is 0 Å². The SMILES string of the molecule is Cn1cc(CNc2cc(F)c(F)c(F)c2)c(C2CCCCC2)n1. The van der Waals surface area contributed by atoms with Crippen LogP contribution >= 0.6 is 0 Å². The van der Waals surface area contributed by atoms with Gasteiger partial charge < -0.3 is 5.32 Å². The fraction of sp³-hybridized carbons (Fsp3) is 0.471. The van der Waals surface area contributed by atoms with Crippen molar-refractivity contribution in [3.05, 3.63) is 47.0 Å². The van der Waals surface area contributed by atoms with Crippen LogP contribution in [0.2, 0.25) is 0 Å². The van der Waals surface area contributed by atoms with Crippen LogP contribution in [0.4, 0.5) is 18.9 Å². The number of nitrogens with zero attached hydrogens (tertiary/aromatic N) is 2. The highest BCUT2D eigenvalue weighted by atomic mass is 19.2.